The minimum atomic E-state index is 0.709. The third-order valence-corrected chi connectivity index (χ3v) is 2.10. The van der Waals surface area contributed by atoms with Crippen molar-refractivity contribution < 1.29 is 0 Å². The minimum absolute atomic E-state index is 0.709. The van der Waals surface area contributed by atoms with Crippen LogP contribution in [0.3, 0.4) is 0 Å². The molecule has 0 spiro atoms. The van der Waals surface area contributed by atoms with Gasteiger partial charge in [0.05, 0.1) is 17.9 Å². The molecule has 0 atom stereocenters. The molecule has 4 nitrogen and oxygen atoms in total. The highest BCUT2D eigenvalue weighted by Crippen LogP contribution is 1.82. The average Bonchev–Trinajstić information content (AvgIpc) is 2.78. The van der Waals surface area contributed by atoms with Gasteiger partial charge in [0.15, 0.2) is 0 Å². The van der Waals surface area contributed by atoms with E-state index in [2.05, 4.69) is 21.5 Å². The van der Waals surface area contributed by atoms with Gasteiger partial charge in [-0.2, -0.15) is 0 Å². The molecule has 114 valence electrons. The summed E-state index contributed by atoms with van der Waals surface area (Å²) in [7, 11) is 3.84. The maximum absolute atomic E-state index is 4.24. The molecule has 0 aromatic carbocycles. The fraction of sp³-hybridized carbons (Fsp3) is 0.500. The Bertz CT molecular complexity index is 507. The number of aromatic amines is 1. The van der Waals surface area contributed by atoms with E-state index in [1.807, 2.05) is 66.7 Å². The van der Waals surface area contributed by atoms with Gasteiger partial charge in [-0.3, -0.25) is 0 Å². The second-order valence-corrected chi connectivity index (χ2v) is 3.88. The predicted octanol–water partition coefficient (Wildman–Crippen LogP) is 2.53. The highest BCUT2D eigenvalue weighted by molar-refractivity contribution is 5.88. The number of rotatable bonds is 2. The lowest BCUT2D eigenvalue weighted by Gasteiger charge is -2.00. The zero-order chi connectivity index (χ0) is 16.1. The maximum Gasteiger partial charge on any atom is 0.126 e. The van der Waals surface area contributed by atoms with E-state index in [0.717, 1.165) is 16.1 Å². The monoisotopic (exact) mass is 278 g/mol. The van der Waals surface area contributed by atoms with Gasteiger partial charge in [-0.25, -0.2) is 9.98 Å². The largest absolute Gasteiger partial charge is 0.369 e. The predicted molar refractivity (Wildman–Crippen MR) is 92.8 cm³/mol. The molecule has 0 amide bonds. The fourth-order valence-corrected chi connectivity index (χ4v) is 1.08. The standard InChI is InChI=1S/C12H18N4.2C2H6/c1-9-6-14-12(10(9)2)7-13-11(3)15-8-16(4)5;2*1-2/h6-8,14H,2H2,1,3-5H3;2*1-2H3/b12-7+,13-11?,15-8?;;. The van der Waals surface area contributed by atoms with E-state index in [1.165, 1.54) is 0 Å². The molecular weight excluding hydrogens is 248 g/mol. The number of hydrogen-bond donors (Lipinski definition) is 1. The van der Waals surface area contributed by atoms with Crippen LogP contribution in [-0.2, 0) is 0 Å². The highest BCUT2D eigenvalue weighted by Gasteiger charge is 1.89. The topological polar surface area (TPSA) is 43.8 Å². The Hall–Kier alpha value is -1.84. The Labute approximate surface area is 123 Å². The first-order valence-electron chi connectivity index (χ1n) is 7.09. The third kappa shape index (κ3) is 8.29. The Morgan fingerprint density at radius 3 is 2.20 bits per heavy atom. The van der Waals surface area contributed by atoms with Crippen molar-refractivity contribution in [3.05, 3.63) is 22.3 Å². The van der Waals surface area contributed by atoms with Crippen LogP contribution in [0.1, 0.15) is 40.2 Å². The summed E-state index contributed by atoms with van der Waals surface area (Å²) < 4.78 is 0. The number of aromatic nitrogens is 1. The summed E-state index contributed by atoms with van der Waals surface area (Å²) in [4.78, 5) is 13.4. The van der Waals surface area contributed by atoms with E-state index in [-0.39, 0.29) is 0 Å². The Morgan fingerprint density at radius 2 is 1.80 bits per heavy atom. The lowest BCUT2D eigenvalue weighted by atomic mass is 10.3. The van der Waals surface area contributed by atoms with Gasteiger partial charge in [-0.15, -0.1) is 0 Å². The molecule has 0 unspecified atom stereocenters. The van der Waals surface area contributed by atoms with Crippen LogP contribution in [0, 0.1) is 6.92 Å². The molecule has 0 aliphatic heterocycles. The van der Waals surface area contributed by atoms with Crippen molar-refractivity contribution in [3.8, 4) is 0 Å². The quantitative estimate of drug-likeness (QED) is 0.655. The van der Waals surface area contributed by atoms with Gasteiger partial charge in [-0.1, -0.05) is 34.3 Å². The summed E-state index contributed by atoms with van der Waals surface area (Å²) in [6.45, 7) is 15.8. The van der Waals surface area contributed by atoms with Crippen molar-refractivity contribution in [2.75, 3.05) is 14.1 Å². The van der Waals surface area contributed by atoms with Crippen molar-refractivity contribution in [1.29, 1.82) is 0 Å². The summed E-state index contributed by atoms with van der Waals surface area (Å²) in [6, 6.07) is 0. The molecule has 0 fully saturated rings. The van der Waals surface area contributed by atoms with Gasteiger partial charge in [0.2, 0.25) is 0 Å². The zero-order valence-electron chi connectivity index (χ0n) is 14.3. The minimum Gasteiger partial charge on any atom is -0.369 e. The van der Waals surface area contributed by atoms with E-state index in [4.69, 9.17) is 0 Å². The van der Waals surface area contributed by atoms with Gasteiger partial charge in [0.25, 0.3) is 0 Å². The fourth-order valence-electron chi connectivity index (χ4n) is 1.08. The molecule has 1 aromatic heterocycles. The SMILES string of the molecule is C=c1c(C)c[nH]/c1=C/N=C(C)N=CN(C)C.CC.CC. The van der Waals surface area contributed by atoms with Crippen LogP contribution in [0.25, 0.3) is 12.8 Å². The number of nitrogens with zero attached hydrogens (tertiary/aromatic N) is 3. The molecule has 0 radical (unpaired) electrons. The van der Waals surface area contributed by atoms with Crippen molar-refractivity contribution >= 4 is 25.0 Å². The molecule has 4 heteroatoms. The van der Waals surface area contributed by atoms with E-state index in [9.17, 15) is 0 Å². The highest BCUT2D eigenvalue weighted by atomic mass is 15.1. The summed E-state index contributed by atoms with van der Waals surface area (Å²) in [5, 5.41) is 1.91. The molecule has 1 heterocycles. The molecule has 0 bridgehead atoms. The summed E-state index contributed by atoms with van der Waals surface area (Å²) in [6.07, 6.45) is 5.39. The van der Waals surface area contributed by atoms with Gasteiger partial charge < -0.3 is 9.88 Å². The molecule has 20 heavy (non-hydrogen) atoms. The van der Waals surface area contributed by atoms with Crippen LogP contribution in [0.15, 0.2) is 16.2 Å². The number of aryl methyl sites for hydroxylation is 1. The second-order valence-electron chi connectivity index (χ2n) is 3.88. The zero-order valence-corrected chi connectivity index (χ0v) is 14.3. The number of hydrogen-bond acceptors (Lipinski definition) is 1. The Kier molecular flexibility index (Phi) is 12.5. The molecule has 0 aliphatic rings. The number of amidine groups is 1. The van der Waals surface area contributed by atoms with Crippen LogP contribution < -0.4 is 10.6 Å². The maximum atomic E-state index is 4.24. The molecule has 1 aromatic rings. The Balaban J connectivity index is 0. The first kappa shape index (κ1) is 20.5. The van der Waals surface area contributed by atoms with E-state index in [1.54, 1.807) is 12.5 Å². The normalized spacial score (nSPS) is 11.6. The van der Waals surface area contributed by atoms with E-state index < -0.39 is 0 Å². The first-order chi connectivity index (χ1) is 9.50. The molecule has 0 saturated heterocycles. The van der Waals surface area contributed by atoms with Crippen molar-refractivity contribution in [1.82, 2.24) is 9.88 Å². The number of nitrogens with one attached hydrogen (secondary N) is 1. The molecule has 0 aliphatic carbocycles. The molecule has 1 rings (SSSR count). The van der Waals surface area contributed by atoms with Gasteiger partial charge >= 0.3 is 0 Å². The number of aliphatic imine (C=N–C) groups is 2. The van der Waals surface area contributed by atoms with E-state index >= 15 is 0 Å². The van der Waals surface area contributed by atoms with Crippen molar-refractivity contribution in [2.24, 2.45) is 9.98 Å². The smallest absolute Gasteiger partial charge is 0.126 e. The van der Waals surface area contributed by atoms with Crippen LogP contribution in [-0.4, -0.2) is 36.2 Å². The molecular formula is C16H30N4. The van der Waals surface area contributed by atoms with Gasteiger partial charge in [0, 0.05) is 20.3 Å². The summed E-state index contributed by atoms with van der Waals surface area (Å²) >= 11 is 0. The molecule has 1 N–H and O–H groups in total. The van der Waals surface area contributed by atoms with Crippen LogP contribution >= 0.6 is 0 Å². The van der Waals surface area contributed by atoms with Crippen molar-refractivity contribution in [2.45, 2.75) is 41.5 Å². The van der Waals surface area contributed by atoms with E-state index in [0.29, 0.717) is 5.84 Å². The Morgan fingerprint density at radius 1 is 1.25 bits per heavy atom. The van der Waals surface area contributed by atoms with Gasteiger partial charge in [-0.05, 0) is 24.6 Å². The van der Waals surface area contributed by atoms with Crippen LogP contribution in [0.2, 0.25) is 0 Å². The summed E-state index contributed by atoms with van der Waals surface area (Å²) in [5.41, 5.74) is 1.14. The lowest BCUT2D eigenvalue weighted by Crippen LogP contribution is -2.21. The second kappa shape index (κ2) is 12.2. The third-order valence-electron chi connectivity index (χ3n) is 2.10. The van der Waals surface area contributed by atoms with Crippen LogP contribution in [0.4, 0.5) is 0 Å². The van der Waals surface area contributed by atoms with Crippen LogP contribution in [0.5, 0.6) is 0 Å². The first-order valence-corrected chi connectivity index (χ1v) is 7.09. The van der Waals surface area contributed by atoms with Gasteiger partial charge in [0.1, 0.15) is 5.84 Å². The lowest BCUT2D eigenvalue weighted by molar-refractivity contribution is 0.644. The number of H-pyrrole nitrogens is 1. The average molecular weight is 278 g/mol. The molecule has 0 saturated carbocycles. The van der Waals surface area contributed by atoms with Crippen molar-refractivity contribution in [3.63, 3.8) is 0 Å². The summed E-state index contributed by atoms with van der Waals surface area (Å²) in [5.74, 6) is 0.709.